The highest BCUT2D eigenvalue weighted by molar-refractivity contribution is 7.99. The minimum atomic E-state index is 0.112. The fraction of sp³-hybridized carbons (Fsp3) is 0.200. The number of nitrogens with zero attached hydrogens (tertiary/aromatic N) is 3. The summed E-state index contributed by atoms with van der Waals surface area (Å²) in [6.45, 7) is 0.666. The molecule has 0 N–H and O–H groups in total. The lowest BCUT2D eigenvalue weighted by atomic mass is 10.4. The molecule has 108 valence electrons. The molecule has 4 nitrogen and oxygen atoms in total. The zero-order valence-corrected chi connectivity index (χ0v) is 13.2. The summed E-state index contributed by atoms with van der Waals surface area (Å²) in [6.07, 6.45) is 3.78. The van der Waals surface area contributed by atoms with Gasteiger partial charge in [0.2, 0.25) is 5.91 Å². The maximum Gasteiger partial charge on any atom is 0.233 e. The van der Waals surface area contributed by atoms with Crippen LogP contribution in [0, 0.1) is 0 Å². The summed E-state index contributed by atoms with van der Waals surface area (Å²) in [4.78, 5) is 19.5. The van der Waals surface area contributed by atoms with E-state index in [1.54, 1.807) is 16.2 Å². The van der Waals surface area contributed by atoms with E-state index in [-0.39, 0.29) is 5.91 Å². The van der Waals surface area contributed by atoms with E-state index < -0.39 is 0 Å². The van der Waals surface area contributed by atoms with Crippen molar-refractivity contribution in [1.82, 2.24) is 14.3 Å². The van der Waals surface area contributed by atoms with Crippen molar-refractivity contribution in [3.63, 3.8) is 0 Å². The standard InChI is InChI=1S/C15H15N3OS2/c1-17(10-13-6-4-8-20-13)14(19)11-21-15-16-9-12-5-2-3-7-18(12)15/h2-9H,10-11H2,1H3. The van der Waals surface area contributed by atoms with Gasteiger partial charge in [0.15, 0.2) is 5.16 Å². The van der Waals surface area contributed by atoms with E-state index in [0.29, 0.717) is 12.3 Å². The van der Waals surface area contributed by atoms with Gasteiger partial charge in [-0.2, -0.15) is 0 Å². The van der Waals surface area contributed by atoms with E-state index in [2.05, 4.69) is 4.98 Å². The van der Waals surface area contributed by atoms with Crippen molar-refractivity contribution in [3.05, 3.63) is 53.0 Å². The molecule has 0 unspecified atom stereocenters. The second-order valence-electron chi connectivity index (χ2n) is 4.65. The van der Waals surface area contributed by atoms with Gasteiger partial charge in [0, 0.05) is 18.1 Å². The number of pyridine rings is 1. The Labute approximate surface area is 131 Å². The molecule has 3 aromatic heterocycles. The van der Waals surface area contributed by atoms with E-state index >= 15 is 0 Å². The number of carbonyl (C=O) groups excluding carboxylic acids is 1. The molecule has 0 atom stereocenters. The van der Waals surface area contributed by atoms with Crippen LogP contribution < -0.4 is 0 Å². The summed E-state index contributed by atoms with van der Waals surface area (Å²) >= 11 is 3.14. The highest BCUT2D eigenvalue weighted by Gasteiger charge is 2.12. The van der Waals surface area contributed by atoms with Gasteiger partial charge in [-0.3, -0.25) is 9.20 Å². The van der Waals surface area contributed by atoms with Crippen molar-refractivity contribution in [2.75, 3.05) is 12.8 Å². The second-order valence-corrected chi connectivity index (χ2v) is 6.63. The summed E-state index contributed by atoms with van der Waals surface area (Å²) in [6, 6.07) is 9.99. The number of hydrogen-bond acceptors (Lipinski definition) is 4. The molecule has 0 aliphatic carbocycles. The predicted octanol–water partition coefficient (Wildman–Crippen LogP) is 3.15. The fourth-order valence-corrected chi connectivity index (χ4v) is 3.65. The Kier molecular flexibility index (Phi) is 4.26. The van der Waals surface area contributed by atoms with Crippen molar-refractivity contribution in [3.8, 4) is 0 Å². The van der Waals surface area contributed by atoms with Gasteiger partial charge in [-0.1, -0.05) is 23.9 Å². The Hall–Kier alpha value is -1.79. The van der Waals surface area contributed by atoms with Crippen LogP contribution in [0.15, 0.2) is 53.3 Å². The highest BCUT2D eigenvalue weighted by Crippen LogP contribution is 2.19. The fourth-order valence-electron chi connectivity index (χ4n) is 1.99. The lowest BCUT2D eigenvalue weighted by Crippen LogP contribution is -2.27. The summed E-state index contributed by atoms with van der Waals surface area (Å²) in [5.74, 6) is 0.511. The van der Waals surface area contributed by atoms with Gasteiger partial charge in [0.05, 0.1) is 24.0 Å². The molecule has 0 spiro atoms. The molecule has 0 saturated heterocycles. The number of fused-ring (bicyclic) bond motifs is 1. The summed E-state index contributed by atoms with van der Waals surface area (Å²) < 4.78 is 2.00. The van der Waals surface area contributed by atoms with Gasteiger partial charge in [-0.15, -0.1) is 11.3 Å². The van der Waals surface area contributed by atoms with Crippen molar-refractivity contribution in [1.29, 1.82) is 0 Å². The molecular formula is C15H15N3OS2. The minimum Gasteiger partial charge on any atom is -0.340 e. The molecule has 0 aliphatic rings. The topological polar surface area (TPSA) is 37.6 Å². The van der Waals surface area contributed by atoms with E-state index in [9.17, 15) is 4.79 Å². The highest BCUT2D eigenvalue weighted by atomic mass is 32.2. The zero-order valence-electron chi connectivity index (χ0n) is 11.6. The van der Waals surface area contributed by atoms with Crippen LogP contribution in [0.5, 0.6) is 0 Å². The van der Waals surface area contributed by atoms with Gasteiger partial charge in [-0.05, 0) is 23.6 Å². The molecular weight excluding hydrogens is 302 g/mol. The molecule has 0 radical (unpaired) electrons. The van der Waals surface area contributed by atoms with Crippen molar-refractivity contribution < 1.29 is 4.79 Å². The minimum absolute atomic E-state index is 0.112. The molecule has 0 saturated carbocycles. The second kappa shape index (κ2) is 6.32. The first kappa shape index (κ1) is 14.2. The molecule has 0 fully saturated rings. The lowest BCUT2D eigenvalue weighted by molar-refractivity contribution is -0.127. The van der Waals surface area contributed by atoms with Crippen LogP contribution in [-0.4, -0.2) is 33.0 Å². The maximum absolute atomic E-state index is 12.2. The van der Waals surface area contributed by atoms with Crippen LogP contribution >= 0.6 is 23.1 Å². The first-order valence-electron chi connectivity index (χ1n) is 6.55. The van der Waals surface area contributed by atoms with Crippen LogP contribution in [0.3, 0.4) is 0 Å². The first-order valence-corrected chi connectivity index (χ1v) is 8.42. The van der Waals surface area contributed by atoms with Crippen LogP contribution in [-0.2, 0) is 11.3 Å². The third kappa shape index (κ3) is 3.28. The molecule has 3 rings (SSSR count). The number of rotatable bonds is 5. The van der Waals surface area contributed by atoms with Gasteiger partial charge in [-0.25, -0.2) is 4.98 Å². The third-order valence-electron chi connectivity index (χ3n) is 3.13. The van der Waals surface area contributed by atoms with Crippen LogP contribution in [0.4, 0.5) is 0 Å². The zero-order chi connectivity index (χ0) is 14.7. The Morgan fingerprint density at radius 2 is 2.29 bits per heavy atom. The largest absolute Gasteiger partial charge is 0.340 e. The molecule has 21 heavy (non-hydrogen) atoms. The van der Waals surface area contributed by atoms with Crippen LogP contribution in [0.2, 0.25) is 0 Å². The molecule has 0 bridgehead atoms. The average Bonchev–Trinajstić information content (AvgIpc) is 3.14. The van der Waals surface area contributed by atoms with Crippen LogP contribution in [0.1, 0.15) is 4.88 Å². The third-order valence-corrected chi connectivity index (χ3v) is 4.94. The Bertz CT molecular complexity index is 736. The summed E-state index contributed by atoms with van der Waals surface area (Å²) in [7, 11) is 1.84. The van der Waals surface area contributed by atoms with Gasteiger partial charge >= 0.3 is 0 Å². The normalized spacial score (nSPS) is 10.9. The van der Waals surface area contributed by atoms with Gasteiger partial charge in [0.1, 0.15) is 0 Å². The molecule has 1 amide bonds. The molecule has 0 aliphatic heterocycles. The van der Waals surface area contributed by atoms with Crippen LogP contribution in [0.25, 0.3) is 5.52 Å². The molecule has 0 aromatic carbocycles. The van der Waals surface area contributed by atoms with E-state index in [1.807, 2.05) is 59.6 Å². The lowest BCUT2D eigenvalue weighted by Gasteiger charge is -2.15. The Morgan fingerprint density at radius 1 is 1.38 bits per heavy atom. The van der Waals surface area contributed by atoms with E-state index in [4.69, 9.17) is 0 Å². The summed E-state index contributed by atoms with van der Waals surface area (Å²) in [5, 5.41) is 2.88. The Morgan fingerprint density at radius 3 is 3.10 bits per heavy atom. The maximum atomic E-state index is 12.2. The van der Waals surface area contributed by atoms with Gasteiger partial charge in [0.25, 0.3) is 0 Å². The molecule has 3 aromatic rings. The number of thiophene rings is 1. The average molecular weight is 317 g/mol. The smallest absolute Gasteiger partial charge is 0.233 e. The number of amides is 1. The number of hydrogen-bond donors (Lipinski definition) is 0. The number of thioether (sulfide) groups is 1. The Balaban J connectivity index is 1.60. The van der Waals surface area contributed by atoms with Crippen molar-refractivity contribution >= 4 is 34.5 Å². The van der Waals surface area contributed by atoms with E-state index in [1.165, 1.54) is 16.6 Å². The summed E-state index contributed by atoms with van der Waals surface area (Å²) in [5.41, 5.74) is 1.04. The predicted molar refractivity (Wildman–Crippen MR) is 86.7 cm³/mol. The monoisotopic (exact) mass is 317 g/mol. The molecule has 6 heteroatoms. The SMILES string of the molecule is CN(Cc1cccs1)C(=O)CSc1ncc2ccccn12. The van der Waals surface area contributed by atoms with Crippen molar-refractivity contribution in [2.45, 2.75) is 11.7 Å². The van der Waals surface area contributed by atoms with Gasteiger partial charge < -0.3 is 4.90 Å². The number of carbonyl (C=O) groups is 1. The molecule has 3 heterocycles. The van der Waals surface area contributed by atoms with Crippen molar-refractivity contribution in [2.24, 2.45) is 0 Å². The quantitative estimate of drug-likeness (QED) is 0.679. The van der Waals surface area contributed by atoms with E-state index in [0.717, 1.165) is 10.7 Å². The first-order chi connectivity index (χ1) is 10.2. The number of aromatic nitrogens is 2. The number of imidazole rings is 1.